The maximum Gasteiger partial charge on any atom is 0.343 e. The van der Waals surface area contributed by atoms with Gasteiger partial charge in [0, 0.05) is 12.2 Å². The third kappa shape index (κ3) is 10.9. The van der Waals surface area contributed by atoms with Gasteiger partial charge in [-0.3, -0.25) is 14.4 Å². The van der Waals surface area contributed by atoms with Gasteiger partial charge in [-0.1, -0.05) is 42.5 Å². The normalized spacial score (nSPS) is 13.9. The van der Waals surface area contributed by atoms with E-state index < -0.39 is 64.9 Å². The number of carbonyl (C=O) groups excluding carboxylic acids is 3. The Morgan fingerprint density at radius 3 is 1.56 bits per heavy atom. The fraction of sp³-hybridized carbons (Fsp3) is 0.238. The van der Waals surface area contributed by atoms with Crippen LogP contribution in [0.3, 0.4) is 0 Å². The summed E-state index contributed by atoms with van der Waals surface area (Å²) in [5.74, 6) is -6.16. The number of thioether (sulfide) groups is 1. The number of benzene rings is 4. The maximum absolute atomic E-state index is 14.4. The minimum absolute atomic E-state index is 0.00214. The summed E-state index contributed by atoms with van der Waals surface area (Å²) in [5, 5.41) is 38.6. The first kappa shape index (κ1) is 43.4. The summed E-state index contributed by atoms with van der Waals surface area (Å²) >= 11 is 6.80. The Kier molecular flexibility index (Phi) is 14.1. The molecule has 0 aliphatic carbocycles. The molecule has 4 aromatic rings. The first-order valence-corrected chi connectivity index (χ1v) is 18.6. The van der Waals surface area contributed by atoms with Crippen molar-refractivity contribution >= 4 is 64.0 Å². The molecule has 0 aliphatic heterocycles. The lowest BCUT2D eigenvalue weighted by Gasteiger charge is -2.44. The van der Waals surface area contributed by atoms with Gasteiger partial charge >= 0.3 is 35.8 Å². The third-order valence-electron chi connectivity index (χ3n) is 9.45. The number of carbonyl (C=O) groups is 6. The number of rotatable bonds is 17. The van der Waals surface area contributed by atoms with Gasteiger partial charge in [0.25, 0.3) is 0 Å². The van der Waals surface area contributed by atoms with Crippen molar-refractivity contribution in [1.82, 2.24) is 0 Å². The lowest BCUT2D eigenvalue weighted by atomic mass is 9.58. The van der Waals surface area contributed by atoms with Gasteiger partial charge in [0.05, 0.1) is 43.2 Å². The number of carboxylic acid groups (broad SMARTS) is 3. The molecule has 3 unspecified atom stereocenters. The van der Waals surface area contributed by atoms with Crippen LogP contribution in [-0.2, 0) is 14.4 Å². The van der Waals surface area contributed by atoms with E-state index >= 15 is 0 Å². The van der Waals surface area contributed by atoms with Gasteiger partial charge in [-0.25, -0.2) is 14.4 Å². The van der Waals surface area contributed by atoms with E-state index in [0.717, 1.165) is 11.8 Å². The number of ether oxygens (including phenoxy) is 3. The molecule has 0 radical (unpaired) electrons. The molecule has 0 spiro atoms. The number of nitrogens with zero attached hydrogens (tertiary/aromatic N) is 1. The Hall–Kier alpha value is -6.37. The predicted octanol–water partition coefficient (Wildman–Crippen LogP) is 7.72. The molecule has 3 atom stereocenters. The minimum Gasteiger partial charge on any atom is -0.481 e. The molecule has 0 amide bonds. The Morgan fingerprint density at radius 1 is 0.649 bits per heavy atom. The average Bonchev–Trinajstić information content (AvgIpc) is 3.19. The summed E-state index contributed by atoms with van der Waals surface area (Å²) in [6.45, 7) is 4.35. The van der Waals surface area contributed by atoms with Crippen molar-refractivity contribution in [2.45, 2.75) is 40.0 Å². The number of carboxylic acids is 3. The van der Waals surface area contributed by atoms with Crippen LogP contribution in [0.1, 0.15) is 76.7 Å². The van der Waals surface area contributed by atoms with E-state index in [1.807, 2.05) is 6.07 Å². The van der Waals surface area contributed by atoms with Crippen LogP contribution in [0.25, 0.3) is 0 Å². The summed E-state index contributed by atoms with van der Waals surface area (Å²) in [5.41, 5.74) is -4.53. The Morgan fingerprint density at radius 2 is 1.11 bits per heavy atom. The smallest absolute Gasteiger partial charge is 0.343 e. The van der Waals surface area contributed by atoms with E-state index in [1.54, 1.807) is 24.3 Å². The number of esters is 3. The number of thiocarbonyl (C=S) groups is 1. The maximum atomic E-state index is 14.4. The molecule has 0 saturated heterocycles. The van der Waals surface area contributed by atoms with Crippen LogP contribution in [-0.4, -0.2) is 61.1 Å². The molecule has 4 rings (SSSR count). The van der Waals surface area contributed by atoms with Crippen molar-refractivity contribution in [3.05, 3.63) is 125 Å². The van der Waals surface area contributed by atoms with Crippen molar-refractivity contribution in [3.63, 3.8) is 0 Å². The fourth-order valence-electron chi connectivity index (χ4n) is 5.76. The molecule has 3 N–H and O–H groups in total. The number of hydrogen-bond acceptors (Lipinski definition) is 12. The van der Waals surface area contributed by atoms with E-state index in [9.17, 15) is 44.2 Å². The predicted molar refractivity (Wildman–Crippen MR) is 211 cm³/mol. The molecular formula is C42H37NO12S2. The van der Waals surface area contributed by atoms with Crippen LogP contribution in [0.15, 0.2) is 103 Å². The van der Waals surface area contributed by atoms with Crippen molar-refractivity contribution in [2.24, 2.45) is 16.2 Å². The topological polar surface area (TPSA) is 215 Å². The van der Waals surface area contributed by atoms with Gasteiger partial charge in [-0.05, 0) is 112 Å². The van der Waals surface area contributed by atoms with Gasteiger partial charge in [0.1, 0.15) is 17.2 Å². The highest BCUT2D eigenvalue weighted by molar-refractivity contribution is 8.23. The van der Waals surface area contributed by atoms with Crippen molar-refractivity contribution < 1.29 is 58.3 Å². The van der Waals surface area contributed by atoms with Gasteiger partial charge in [-0.15, -0.1) is 11.8 Å². The Balaban J connectivity index is 1.67. The van der Waals surface area contributed by atoms with Crippen LogP contribution >= 0.6 is 24.0 Å². The van der Waals surface area contributed by atoms with E-state index in [1.165, 1.54) is 93.6 Å². The van der Waals surface area contributed by atoms with E-state index in [-0.39, 0.29) is 46.1 Å². The van der Waals surface area contributed by atoms with Crippen molar-refractivity contribution in [1.29, 1.82) is 5.26 Å². The van der Waals surface area contributed by atoms with Gasteiger partial charge in [0.15, 0.2) is 0 Å². The van der Waals surface area contributed by atoms with Gasteiger partial charge < -0.3 is 29.5 Å². The molecule has 0 aliphatic rings. The van der Waals surface area contributed by atoms with Crippen LogP contribution in [0, 0.1) is 27.6 Å². The molecule has 0 aromatic heterocycles. The van der Waals surface area contributed by atoms with E-state index in [2.05, 4.69) is 6.07 Å². The standard InChI is InChI=1S/C42H37NO12S2/c1-40(25-57-37(56)29-7-5-4-6-8-29,38(51)54-31-17-11-27(12-18-31)35(48)49)23-42(3,41(2,24-43)22-21-33(44)45)39(52)55-32-19-13-28(14-20-32)36(50)53-30-15-9-26(10-16-30)34(46)47/h4-20H,21-23,25H2,1-3H3,(H,44,45)(H,46,47)(H,48,49). The highest BCUT2D eigenvalue weighted by Gasteiger charge is 2.57. The quantitative estimate of drug-likeness (QED) is 0.0529. The van der Waals surface area contributed by atoms with Crippen molar-refractivity contribution in [2.75, 3.05) is 5.75 Å². The zero-order valence-corrected chi connectivity index (χ0v) is 32.6. The van der Waals surface area contributed by atoms with Gasteiger partial charge in [-0.2, -0.15) is 5.26 Å². The number of hydrogen-bond donors (Lipinski definition) is 3. The molecule has 13 nitrogen and oxygen atoms in total. The fourth-order valence-corrected chi connectivity index (χ4v) is 7.04. The zero-order valence-electron chi connectivity index (χ0n) is 30.9. The van der Waals surface area contributed by atoms with Crippen LogP contribution in [0.2, 0.25) is 0 Å². The van der Waals surface area contributed by atoms with Crippen LogP contribution < -0.4 is 14.2 Å². The molecule has 0 bridgehead atoms. The Bertz CT molecular complexity index is 2200. The molecule has 57 heavy (non-hydrogen) atoms. The summed E-state index contributed by atoms with van der Waals surface area (Å²) in [6.07, 6.45) is -1.20. The van der Waals surface area contributed by atoms with E-state index in [0.29, 0.717) is 9.76 Å². The summed E-state index contributed by atoms with van der Waals surface area (Å²) in [6, 6.07) is 26.7. The molecular weight excluding hydrogens is 775 g/mol. The van der Waals surface area contributed by atoms with Crippen LogP contribution in [0.5, 0.6) is 17.2 Å². The monoisotopic (exact) mass is 811 g/mol. The van der Waals surface area contributed by atoms with E-state index in [4.69, 9.17) is 31.5 Å². The molecule has 294 valence electrons. The summed E-state index contributed by atoms with van der Waals surface area (Å²) in [7, 11) is 0. The van der Waals surface area contributed by atoms with Crippen molar-refractivity contribution in [3.8, 4) is 23.3 Å². The molecule has 15 heteroatoms. The second kappa shape index (κ2) is 18.5. The minimum atomic E-state index is -1.90. The lowest BCUT2D eigenvalue weighted by molar-refractivity contribution is -0.159. The lowest BCUT2D eigenvalue weighted by Crippen LogP contribution is -2.51. The first-order chi connectivity index (χ1) is 26.9. The summed E-state index contributed by atoms with van der Waals surface area (Å²) < 4.78 is 17.3. The largest absolute Gasteiger partial charge is 0.481 e. The number of aliphatic carboxylic acids is 1. The highest BCUT2D eigenvalue weighted by atomic mass is 32.2. The van der Waals surface area contributed by atoms with Gasteiger partial charge in [0.2, 0.25) is 0 Å². The second-order valence-corrected chi connectivity index (χ2v) is 15.4. The Labute approximate surface area is 337 Å². The SMILES string of the molecule is CC(CSC(=S)c1ccccc1)(CC(C)(C(=O)Oc1ccc(C(=O)Oc2ccc(C(=O)O)cc2)cc1)C(C)(C#N)CCC(=O)O)C(=O)Oc1ccc(C(=O)O)cc1. The zero-order chi connectivity index (χ0) is 42.0. The molecule has 4 aromatic carbocycles. The third-order valence-corrected chi connectivity index (χ3v) is 11.3. The molecule has 0 saturated carbocycles. The first-order valence-electron chi connectivity index (χ1n) is 17.2. The van der Waals surface area contributed by atoms with Crippen LogP contribution in [0.4, 0.5) is 0 Å². The molecule has 0 heterocycles. The number of nitriles is 1. The number of aromatic carboxylic acids is 2. The average molecular weight is 812 g/mol. The highest BCUT2D eigenvalue weighted by Crippen LogP contribution is 2.51. The second-order valence-electron chi connectivity index (χ2n) is 13.7. The summed E-state index contributed by atoms with van der Waals surface area (Å²) in [4.78, 5) is 75.8. The molecule has 0 fully saturated rings.